The Hall–Kier alpha value is -1.91. The second-order valence-electron chi connectivity index (χ2n) is 5.12. The smallest absolute Gasteiger partial charge is 0.159 e. The summed E-state index contributed by atoms with van der Waals surface area (Å²) in [6.45, 7) is 3.10. The van der Waals surface area contributed by atoms with Gasteiger partial charge in [0.05, 0.1) is 0 Å². The normalized spacial score (nSPS) is 14.8. The second-order valence-corrected chi connectivity index (χ2v) is 5.12. The molecule has 3 rings (SSSR count). The monoisotopic (exact) mass is 257 g/mol. The highest BCUT2D eigenvalue weighted by molar-refractivity contribution is 5.55. The summed E-state index contributed by atoms with van der Waals surface area (Å²) >= 11 is 0. The van der Waals surface area contributed by atoms with E-state index in [2.05, 4.69) is 17.0 Å². The number of nitrogens with two attached hydrogens (primary N) is 1. The summed E-state index contributed by atoms with van der Waals surface area (Å²) in [6, 6.07) is 3.77. The molecule has 0 bridgehead atoms. The lowest BCUT2D eigenvalue weighted by molar-refractivity contribution is 0.570. The standard InChI is InChI=1S/C14H19N5/c1-2-3-8-19-14(11-6-7-12(15)16-9-11)17-13(18-19)10-4-5-10/h6-7,9-10H,2-5,8H2,1H3,(H2,15,16). The van der Waals surface area contributed by atoms with Gasteiger partial charge in [-0.15, -0.1) is 0 Å². The maximum absolute atomic E-state index is 5.63. The predicted octanol–water partition coefficient (Wildman–Crippen LogP) is 2.60. The van der Waals surface area contributed by atoms with Gasteiger partial charge in [-0.2, -0.15) is 5.10 Å². The summed E-state index contributed by atoms with van der Waals surface area (Å²) in [5.41, 5.74) is 6.62. The molecule has 0 saturated heterocycles. The number of hydrogen-bond donors (Lipinski definition) is 1. The van der Waals surface area contributed by atoms with Crippen LogP contribution in [0.2, 0.25) is 0 Å². The van der Waals surface area contributed by atoms with Crippen LogP contribution in [0.15, 0.2) is 18.3 Å². The van der Waals surface area contributed by atoms with Gasteiger partial charge >= 0.3 is 0 Å². The molecule has 1 aliphatic rings. The van der Waals surface area contributed by atoms with Crippen LogP contribution in [0.1, 0.15) is 44.3 Å². The second kappa shape index (κ2) is 4.99. The predicted molar refractivity (Wildman–Crippen MR) is 74.5 cm³/mol. The highest BCUT2D eigenvalue weighted by atomic mass is 15.3. The van der Waals surface area contributed by atoms with Crippen LogP contribution in [0.25, 0.3) is 11.4 Å². The maximum atomic E-state index is 5.63. The number of aromatic nitrogens is 4. The summed E-state index contributed by atoms with van der Waals surface area (Å²) < 4.78 is 2.02. The Balaban J connectivity index is 1.94. The lowest BCUT2D eigenvalue weighted by atomic mass is 10.2. The summed E-state index contributed by atoms with van der Waals surface area (Å²) in [5.74, 6) is 3.01. The van der Waals surface area contributed by atoms with Crippen LogP contribution in [0.5, 0.6) is 0 Å². The molecule has 0 atom stereocenters. The van der Waals surface area contributed by atoms with Gasteiger partial charge in [-0.1, -0.05) is 13.3 Å². The van der Waals surface area contributed by atoms with E-state index in [1.807, 2.05) is 16.8 Å². The third-order valence-corrected chi connectivity index (χ3v) is 3.40. The largest absolute Gasteiger partial charge is 0.384 e. The van der Waals surface area contributed by atoms with E-state index in [1.165, 1.54) is 12.8 Å². The topological polar surface area (TPSA) is 69.6 Å². The fourth-order valence-corrected chi connectivity index (χ4v) is 2.09. The van der Waals surface area contributed by atoms with E-state index in [4.69, 9.17) is 10.7 Å². The maximum Gasteiger partial charge on any atom is 0.159 e. The van der Waals surface area contributed by atoms with E-state index in [9.17, 15) is 0 Å². The summed E-state index contributed by atoms with van der Waals surface area (Å²) in [4.78, 5) is 8.84. The minimum atomic E-state index is 0.533. The van der Waals surface area contributed by atoms with E-state index in [0.717, 1.165) is 36.6 Å². The molecular weight excluding hydrogens is 238 g/mol. The average molecular weight is 257 g/mol. The number of rotatable bonds is 5. The Kier molecular flexibility index (Phi) is 3.19. The van der Waals surface area contributed by atoms with Crippen LogP contribution >= 0.6 is 0 Å². The Morgan fingerprint density at radius 2 is 2.21 bits per heavy atom. The fraction of sp³-hybridized carbons (Fsp3) is 0.500. The Morgan fingerprint density at radius 3 is 2.84 bits per heavy atom. The number of nitrogens with zero attached hydrogens (tertiary/aromatic N) is 4. The van der Waals surface area contributed by atoms with Crippen molar-refractivity contribution in [3.8, 4) is 11.4 Å². The highest BCUT2D eigenvalue weighted by Gasteiger charge is 2.29. The molecule has 2 aromatic rings. The molecule has 2 aromatic heterocycles. The number of pyridine rings is 1. The Morgan fingerprint density at radius 1 is 1.37 bits per heavy atom. The highest BCUT2D eigenvalue weighted by Crippen LogP contribution is 2.38. The minimum absolute atomic E-state index is 0.533. The molecule has 0 amide bonds. The average Bonchev–Trinajstić information content (AvgIpc) is 3.18. The van der Waals surface area contributed by atoms with Gasteiger partial charge < -0.3 is 5.73 Å². The van der Waals surface area contributed by atoms with Gasteiger partial charge in [0, 0.05) is 24.2 Å². The SMILES string of the molecule is CCCCn1nc(C2CC2)nc1-c1ccc(N)nc1. The van der Waals surface area contributed by atoms with Gasteiger partial charge in [-0.05, 0) is 31.4 Å². The van der Waals surface area contributed by atoms with Crippen LogP contribution < -0.4 is 5.73 Å². The number of anilines is 1. The molecule has 2 N–H and O–H groups in total. The van der Waals surface area contributed by atoms with Crippen molar-refractivity contribution in [1.82, 2.24) is 19.7 Å². The molecule has 0 radical (unpaired) electrons. The zero-order valence-electron chi connectivity index (χ0n) is 11.2. The van der Waals surface area contributed by atoms with Crippen molar-refractivity contribution in [2.24, 2.45) is 0 Å². The summed E-state index contributed by atoms with van der Waals surface area (Å²) in [7, 11) is 0. The molecule has 0 unspecified atom stereocenters. The third-order valence-electron chi connectivity index (χ3n) is 3.40. The first-order valence-corrected chi connectivity index (χ1v) is 6.94. The number of nitrogen functional groups attached to an aromatic ring is 1. The number of unbranched alkanes of at least 4 members (excludes halogenated alkanes) is 1. The molecule has 19 heavy (non-hydrogen) atoms. The Bertz CT molecular complexity index is 554. The fourth-order valence-electron chi connectivity index (χ4n) is 2.09. The van der Waals surface area contributed by atoms with Gasteiger partial charge in [0.1, 0.15) is 5.82 Å². The molecule has 1 saturated carbocycles. The van der Waals surface area contributed by atoms with Gasteiger partial charge in [0.15, 0.2) is 11.6 Å². The molecule has 100 valence electrons. The molecule has 5 nitrogen and oxygen atoms in total. The van der Waals surface area contributed by atoms with Gasteiger partial charge in [-0.3, -0.25) is 0 Å². The molecule has 1 aliphatic carbocycles. The van der Waals surface area contributed by atoms with Crippen LogP contribution in [0.3, 0.4) is 0 Å². The van der Waals surface area contributed by atoms with Crippen molar-refractivity contribution >= 4 is 5.82 Å². The lowest BCUT2D eigenvalue weighted by Crippen LogP contribution is -2.03. The zero-order valence-corrected chi connectivity index (χ0v) is 11.2. The van der Waals surface area contributed by atoms with E-state index in [-0.39, 0.29) is 0 Å². The van der Waals surface area contributed by atoms with Crippen molar-refractivity contribution in [2.75, 3.05) is 5.73 Å². The molecule has 0 aliphatic heterocycles. The molecule has 0 aromatic carbocycles. The summed E-state index contributed by atoms with van der Waals surface area (Å²) in [6.07, 6.45) is 6.48. The zero-order chi connectivity index (χ0) is 13.2. The van der Waals surface area contributed by atoms with E-state index in [1.54, 1.807) is 6.20 Å². The molecule has 2 heterocycles. The van der Waals surface area contributed by atoms with E-state index in [0.29, 0.717) is 11.7 Å². The lowest BCUT2D eigenvalue weighted by Gasteiger charge is -2.04. The van der Waals surface area contributed by atoms with Gasteiger partial charge in [-0.25, -0.2) is 14.6 Å². The van der Waals surface area contributed by atoms with Crippen LogP contribution in [-0.4, -0.2) is 19.7 Å². The van der Waals surface area contributed by atoms with Crippen molar-refractivity contribution in [2.45, 2.75) is 45.1 Å². The van der Waals surface area contributed by atoms with E-state index >= 15 is 0 Å². The quantitative estimate of drug-likeness (QED) is 0.893. The van der Waals surface area contributed by atoms with Crippen molar-refractivity contribution in [3.05, 3.63) is 24.2 Å². The third kappa shape index (κ3) is 2.59. The van der Waals surface area contributed by atoms with Crippen LogP contribution in [0, 0.1) is 0 Å². The van der Waals surface area contributed by atoms with Crippen LogP contribution in [0.4, 0.5) is 5.82 Å². The Labute approximate surface area is 112 Å². The summed E-state index contributed by atoms with van der Waals surface area (Å²) in [5, 5.41) is 4.66. The van der Waals surface area contributed by atoms with Gasteiger partial charge in [0.2, 0.25) is 0 Å². The molecule has 0 spiro atoms. The first kappa shape index (κ1) is 12.1. The van der Waals surface area contributed by atoms with E-state index < -0.39 is 0 Å². The van der Waals surface area contributed by atoms with Crippen LogP contribution in [-0.2, 0) is 6.54 Å². The molecular formula is C14H19N5. The first-order chi connectivity index (χ1) is 9.28. The molecule has 1 fully saturated rings. The van der Waals surface area contributed by atoms with Gasteiger partial charge in [0.25, 0.3) is 0 Å². The number of aryl methyl sites for hydroxylation is 1. The molecule has 5 heteroatoms. The minimum Gasteiger partial charge on any atom is -0.384 e. The first-order valence-electron chi connectivity index (χ1n) is 6.94. The van der Waals surface area contributed by atoms with Crippen molar-refractivity contribution < 1.29 is 0 Å². The van der Waals surface area contributed by atoms with Crippen molar-refractivity contribution in [1.29, 1.82) is 0 Å². The number of hydrogen-bond acceptors (Lipinski definition) is 4. The van der Waals surface area contributed by atoms with Crippen molar-refractivity contribution in [3.63, 3.8) is 0 Å².